The van der Waals surface area contributed by atoms with Crippen molar-refractivity contribution in [1.29, 1.82) is 0 Å². The third-order valence-electron chi connectivity index (χ3n) is 2.69. The molecule has 1 heterocycles. The number of anilines is 1. The minimum Gasteiger partial charge on any atom is -0.366 e. The van der Waals surface area contributed by atoms with E-state index in [4.69, 9.17) is 5.73 Å². The largest absolute Gasteiger partial charge is 0.366 e. The van der Waals surface area contributed by atoms with E-state index in [0.29, 0.717) is 16.7 Å². The lowest BCUT2D eigenvalue weighted by molar-refractivity contribution is 0.0999. The molecule has 0 saturated carbocycles. The van der Waals surface area contributed by atoms with Crippen LogP contribution in [0.25, 0.3) is 0 Å². The highest BCUT2D eigenvalue weighted by Crippen LogP contribution is 2.14. The monoisotopic (exact) mass is 260 g/mol. The number of hydrogen-bond donors (Lipinski definition) is 2. The minimum absolute atomic E-state index is 0.217. The van der Waals surface area contributed by atoms with E-state index < -0.39 is 11.8 Å². The molecule has 98 valence electrons. The summed E-state index contributed by atoms with van der Waals surface area (Å²) in [7, 11) is 1.60. The van der Waals surface area contributed by atoms with Crippen LogP contribution in [-0.4, -0.2) is 32.0 Å². The number of carbonyl (C=O) groups is 2. The Morgan fingerprint density at radius 2 is 2.00 bits per heavy atom. The summed E-state index contributed by atoms with van der Waals surface area (Å²) >= 11 is 0. The van der Waals surface area contributed by atoms with Gasteiger partial charge in [0.25, 0.3) is 5.91 Å². The number of aromatic nitrogens is 4. The van der Waals surface area contributed by atoms with Crippen molar-refractivity contribution in [1.82, 2.24) is 20.2 Å². The van der Waals surface area contributed by atoms with Gasteiger partial charge in [-0.25, -0.2) is 4.68 Å². The highest BCUT2D eigenvalue weighted by atomic mass is 16.2. The number of nitrogens with zero attached hydrogens (tertiary/aromatic N) is 4. The van der Waals surface area contributed by atoms with Gasteiger partial charge < -0.3 is 5.73 Å². The Labute approximate surface area is 108 Å². The van der Waals surface area contributed by atoms with Crippen LogP contribution >= 0.6 is 0 Å². The van der Waals surface area contributed by atoms with Crippen LogP contribution in [0.5, 0.6) is 0 Å². The lowest BCUT2D eigenvalue weighted by atomic mass is 10.0. The molecular formula is C11H12N6O2. The van der Waals surface area contributed by atoms with Crippen molar-refractivity contribution in [3.05, 3.63) is 34.9 Å². The number of hydrogen-bond acceptors (Lipinski definition) is 5. The SMILES string of the molecule is Cc1c(C(N)=O)cccc1C(=O)Nc1nnnn1C. The predicted octanol–water partition coefficient (Wildman–Crippen LogP) is -0.130. The van der Waals surface area contributed by atoms with Gasteiger partial charge in [-0.1, -0.05) is 11.2 Å². The summed E-state index contributed by atoms with van der Waals surface area (Å²) in [5, 5.41) is 13.2. The summed E-state index contributed by atoms with van der Waals surface area (Å²) < 4.78 is 1.32. The molecule has 1 aromatic carbocycles. The van der Waals surface area contributed by atoms with Crippen LogP contribution < -0.4 is 11.1 Å². The van der Waals surface area contributed by atoms with Crippen molar-refractivity contribution in [2.24, 2.45) is 12.8 Å². The fraction of sp³-hybridized carbons (Fsp3) is 0.182. The average molecular weight is 260 g/mol. The zero-order valence-electron chi connectivity index (χ0n) is 10.4. The number of rotatable bonds is 3. The highest BCUT2D eigenvalue weighted by Gasteiger charge is 2.16. The van der Waals surface area contributed by atoms with Gasteiger partial charge in [-0.2, -0.15) is 0 Å². The second-order valence-electron chi connectivity index (χ2n) is 3.92. The van der Waals surface area contributed by atoms with E-state index in [1.54, 1.807) is 32.2 Å². The van der Waals surface area contributed by atoms with Crippen LogP contribution in [0, 0.1) is 6.92 Å². The summed E-state index contributed by atoms with van der Waals surface area (Å²) in [6, 6.07) is 4.76. The van der Waals surface area contributed by atoms with Gasteiger partial charge in [-0.05, 0) is 35.0 Å². The lowest BCUT2D eigenvalue weighted by Gasteiger charge is -2.08. The molecule has 2 rings (SSSR count). The third-order valence-corrected chi connectivity index (χ3v) is 2.69. The molecule has 8 nitrogen and oxygen atoms in total. The smallest absolute Gasteiger partial charge is 0.258 e. The van der Waals surface area contributed by atoms with Crippen LogP contribution in [0.3, 0.4) is 0 Å². The van der Waals surface area contributed by atoms with Crippen molar-refractivity contribution in [2.45, 2.75) is 6.92 Å². The summed E-state index contributed by atoms with van der Waals surface area (Å²) in [5.41, 5.74) is 6.41. The maximum Gasteiger partial charge on any atom is 0.258 e. The number of nitrogens with one attached hydrogen (secondary N) is 1. The number of amides is 2. The van der Waals surface area contributed by atoms with Crippen molar-refractivity contribution in [3.8, 4) is 0 Å². The predicted molar refractivity (Wildman–Crippen MR) is 66.4 cm³/mol. The number of benzene rings is 1. The van der Waals surface area contributed by atoms with Crippen LogP contribution in [0.1, 0.15) is 26.3 Å². The summed E-state index contributed by atoms with van der Waals surface area (Å²) in [6.07, 6.45) is 0. The molecule has 3 N–H and O–H groups in total. The van der Waals surface area contributed by atoms with Crippen molar-refractivity contribution in [2.75, 3.05) is 5.32 Å². The normalized spacial score (nSPS) is 10.2. The number of tetrazole rings is 1. The molecule has 0 spiro atoms. The van der Waals surface area contributed by atoms with Gasteiger partial charge >= 0.3 is 0 Å². The average Bonchev–Trinajstić information content (AvgIpc) is 2.74. The molecule has 0 saturated heterocycles. The molecule has 1 aromatic heterocycles. The van der Waals surface area contributed by atoms with E-state index in [1.165, 1.54) is 4.68 Å². The van der Waals surface area contributed by atoms with Gasteiger partial charge in [0.2, 0.25) is 11.9 Å². The van der Waals surface area contributed by atoms with Crippen LogP contribution in [0.15, 0.2) is 18.2 Å². The Morgan fingerprint density at radius 1 is 1.32 bits per heavy atom. The van der Waals surface area contributed by atoms with Gasteiger partial charge in [0.15, 0.2) is 0 Å². The Morgan fingerprint density at radius 3 is 2.58 bits per heavy atom. The fourth-order valence-electron chi connectivity index (χ4n) is 1.65. The van der Waals surface area contributed by atoms with Crippen molar-refractivity contribution in [3.63, 3.8) is 0 Å². The molecule has 0 radical (unpaired) electrons. The zero-order chi connectivity index (χ0) is 14.0. The fourth-order valence-corrected chi connectivity index (χ4v) is 1.65. The molecule has 0 fully saturated rings. The number of aryl methyl sites for hydroxylation is 1. The lowest BCUT2D eigenvalue weighted by Crippen LogP contribution is -2.19. The molecule has 8 heteroatoms. The van der Waals surface area contributed by atoms with Crippen LogP contribution in [-0.2, 0) is 7.05 Å². The highest BCUT2D eigenvalue weighted by molar-refractivity contribution is 6.06. The first-order valence-electron chi connectivity index (χ1n) is 5.44. The van der Waals surface area contributed by atoms with Gasteiger partial charge in [0, 0.05) is 18.2 Å². The van der Waals surface area contributed by atoms with Crippen LogP contribution in [0.2, 0.25) is 0 Å². The van der Waals surface area contributed by atoms with Crippen LogP contribution in [0.4, 0.5) is 5.95 Å². The number of nitrogens with two attached hydrogens (primary N) is 1. The zero-order valence-corrected chi connectivity index (χ0v) is 10.4. The molecule has 0 aliphatic rings. The van der Waals surface area contributed by atoms with E-state index >= 15 is 0 Å². The molecular weight excluding hydrogens is 248 g/mol. The number of carbonyl (C=O) groups excluding carboxylic acids is 2. The first-order valence-corrected chi connectivity index (χ1v) is 5.44. The van der Waals surface area contributed by atoms with Gasteiger partial charge in [0.1, 0.15) is 0 Å². The van der Waals surface area contributed by atoms with Gasteiger partial charge in [-0.3, -0.25) is 14.9 Å². The third kappa shape index (κ3) is 2.41. The molecule has 0 atom stereocenters. The first-order chi connectivity index (χ1) is 9.00. The summed E-state index contributed by atoms with van der Waals surface area (Å²) in [6.45, 7) is 1.66. The maximum atomic E-state index is 12.1. The summed E-state index contributed by atoms with van der Waals surface area (Å²) in [5.74, 6) is -0.764. The van der Waals surface area contributed by atoms with E-state index in [0.717, 1.165) is 0 Å². The van der Waals surface area contributed by atoms with E-state index in [1.807, 2.05) is 0 Å². The Kier molecular flexibility index (Phi) is 3.23. The minimum atomic E-state index is -0.576. The Bertz CT molecular complexity index is 648. The first kappa shape index (κ1) is 12.7. The second kappa shape index (κ2) is 4.84. The summed E-state index contributed by atoms with van der Waals surface area (Å²) in [4.78, 5) is 23.3. The molecule has 2 aromatic rings. The molecule has 0 aliphatic carbocycles. The molecule has 0 bridgehead atoms. The number of primary amides is 1. The van der Waals surface area contributed by atoms with Gasteiger partial charge in [-0.15, -0.1) is 0 Å². The quantitative estimate of drug-likeness (QED) is 0.797. The second-order valence-corrected chi connectivity index (χ2v) is 3.92. The maximum absolute atomic E-state index is 12.1. The Hall–Kier alpha value is -2.77. The van der Waals surface area contributed by atoms with Crippen molar-refractivity contribution >= 4 is 17.8 Å². The molecule has 2 amide bonds. The molecule has 0 unspecified atom stereocenters. The van der Waals surface area contributed by atoms with Crippen molar-refractivity contribution < 1.29 is 9.59 Å². The van der Waals surface area contributed by atoms with E-state index in [-0.39, 0.29) is 5.95 Å². The molecule has 19 heavy (non-hydrogen) atoms. The standard InChI is InChI=1S/C11H12N6O2/c1-6-7(9(12)18)4-3-5-8(6)10(19)13-11-14-15-16-17(11)2/h3-5H,1-2H3,(H2,12,18)(H,13,14,16,19). The van der Waals surface area contributed by atoms with Gasteiger partial charge in [0.05, 0.1) is 0 Å². The molecule has 0 aliphatic heterocycles. The topological polar surface area (TPSA) is 116 Å². The van der Waals surface area contributed by atoms with E-state index in [2.05, 4.69) is 20.8 Å². The van der Waals surface area contributed by atoms with E-state index in [9.17, 15) is 9.59 Å². The Balaban J connectivity index is 2.32.